The lowest BCUT2D eigenvalue weighted by Crippen LogP contribution is -2.09. The largest absolute Gasteiger partial charge is 0.493 e. The fraction of sp³-hybridized carbons (Fsp3) is 0.167. The Hall–Kier alpha value is -3.35. The second-order valence-corrected chi connectivity index (χ2v) is 5.82. The van der Waals surface area contributed by atoms with Gasteiger partial charge in [0.2, 0.25) is 6.79 Å². The van der Waals surface area contributed by atoms with Crippen molar-refractivity contribution in [2.24, 2.45) is 0 Å². The van der Waals surface area contributed by atoms with Crippen LogP contribution in [0.1, 0.15) is 0 Å². The zero-order valence-electron chi connectivity index (χ0n) is 13.6. The van der Waals surface area contributed by atoms with E-state index in [0.29, 0.717) is 34.0 Å². The van der Waals surface area contributed by atoms with E-state index in [1.165, 1.54) is 0 Å². The summed E-state index contributed by atoms with van der Waals surface area (Å²) in [6.07, 6.45) is 1.96. The van der Waals surface area contributed by atoms with E-state index in [4.69, 9.17) is 18.9 Å². The van der Waals surface area contributed by atoms with Gasteiger partial charge >= 0.3 is 0 Å². The topological polar surface area (TPSA) is 74.2 Å². The van der Waals surface area contributed by atoms with Crippen LogP contribution in [0.4, 0.5) is 0 Å². The molecule has 0 fully saturated rings. The molecule has 1 aliphatic rings. The van der Waals surface area contributed by atoms with Crippen LogP contribution in [0.3, 0.4) is 0 Å². The molecule has 2 aromatic heterocycles. The minimum Gasteiger partial charge on any atom is -0.493 e. The highest BCUT2D eigenvalue weighted by atomic mass is 16.7. The molecule has 0 bridgehead atoms. The summed E-state index contributed by atoms with van der Waals surface area (Å²) in [5.74, 6) is 2.45. The Morgan fingerprint density at radius 1 is 1.00 bits per heavy atom. The minimum atomic E-state index is -0.193. The lowest BCUT2D eigenvalue weighted by Gasteiger charge is -2.10. The summed E-state index contributed by atoms with van der Waals surface area (Å²) in [5.41, 5.74) is 1.23. The maximum Gasteiger partial charge on any atom is 0.259 e. The van der Waals surface area contributed by atoms with Gasteiger partial charge in [0, 0.05) is 23.0 Å². The van der Waals surface area contributed by atoms with Gasteiger partial charge in [-0.15, -0.1) is 0 Å². The lowest BCUT2D eigenvalue weighted by molar-refractivity contribution is 0.174. The molecule has 7 heteroatoms. The minimum absolute atomic E-state index is 0.193. The summed E-state index contributed by atoms with van der Waals surface area (Å²) in [6, 6.07) is 7.28. The molecule has 0 radical (unpaired) electrons. The summed E-state index contributed by atoms with van der Waals surface area (Å²) in [5, 5.41) is 2.35. The van der Waals surface area contributed by atoms with E-state index in [2.05, 4.69) is 4.98 Å². The van der Waals surface area contributed by atoms with E-state index in [0.717, 1.165) is 16.3 Å². The predicted molar refractivity (Wildman–Crippen MR) is 92.3 cm³/mol. The molecule has 2 aromatic carbocycles. The van der Waals surface area contributed by atoms with Crippen LogP contribution in [0.2, 0.25) is 0 Å². The van der Waals surface area contributed by atoms with Gasteiger partial charge < -0.3 is 28.3 Å². The Kier molecular flexibility index (Phi) is 2.71. The molecule has 0 spiro atoms. The second-order valence-electron chi connectivity index (χ2n) is 5.82. The van der Waals surface area contributed by atoms with Crippen molar-refractivity contribution in [3.63, 3.8) is 0 Å². The fourth-order valence-electron chi connectivity index (χ4n) is 3.34. The number of fused-ring (bicyclic) bond motifs is 6. The number of hydrogen-bond donors (Lipinski definition) is 1. The van der Waals surface area contributed by atoms with Crippen LogP contribution in [-0.4, -0.2) is 30.4 Å². The van der Waals surface area contributed by atoms with Crippen LogP contribution in [0, 0.1) is 0 Å². The second kappa shape index (κ2) is 4.83. The summed E-state index contributed by atoms with van der Waals surface area (Å²) in [4.78, 5) is 15.6. The van der Waals surface area contributed by atoms with Crippen molar-refractivity contribution in [2.45, 2.75) is 0 Å². The first kappa shape index (κ1) is 14.0. The molecule has 1 N–H and O–H groups in total. The van der Waals surface area contributed by atoms with E-state index in [1.54, 1.807) is 26.4 Å². The number of nitrogens with one attached hydrogen (secondary N) is 1. The van der Waals surface area contributed by atoms with Gasteiger partial charge in [0.25, 0.3) is 5.56 Å². The molecule has 4 aromatic rings. The van der Waals surface area contributed by atoms with Gasteiger partial charge in [0.1, 0.15) is 5.65 Å². The van der Waals surface area contributed by atoms with Crippen molar-refractivity contribution in [2.75, 3.05) is 21.0 Å². The highest BCUT2D eigenvalue weighted by Gasteiger charge is 2.18. The van der Waals surface area contributed by atoms with E-state index < -0.39 is 0 Å². The molecule has 0 aliphatic carbocycles. The molecule has 126 valence electrons. The number of H-pyrrole nitrogens is 1. The van der Waals surface area contributed by atoms with Crippen LogP contribution in [0.25, 0.3) is 27.3 Å². The van der Waals surface area contributed by atoms with Gasteiger partial charge in [0.05, 0.1) is 25.1 Å². The van der Waals surface area contributed by atoms with Gasteiger partial charge in [-0.05, 0) is 18.2 Å². The highest BCUT2D eigenvalue weighted by Crippen LogP contribution is 2.38. The molecule has 7 nitrogen and oxygen atoms in total. The number of aromatic amines is 1. The molecule has 0 saturated carbocycles. The number of rotatable bonds is 2. The molecule has 3 heterocycles. The molecular formula is C18H14N2O5. The number of aromatic nitrogens is 2. The lowest BCUT2D eigenvalue weighted by atomic mass is 10.2. The molecule has 0 atom stereocenters. The number of benzene rings is 2. The van der Waals surface area contributed by atoms with Crippen molar-refractivity contribution in [1.82, 2.24) is 9.38 Å². The highest BCUT2D eigenvalue weighted by molar-refractivity contribution is 6.00. The van der Waals surface area contributed by atoms with E-state index in [1.807, 2.05) is 22.7 Å². The zero-order valence-corrected chi connectivity index (χ0v) is 13.6. The predicted octanol–water partition coefficient (Wildman–Crippen LogP) is 2.68. The van der Waals surface area contributed by atoms with Crippen LogP contribution in [0.5, 0.6) is 23.0 Å². The van der Waals surface area contributed by atoms with Gasteiger partial charge in [-0.3, -0.25) is 4.79 Å². The van der Waals surface area contributed by atoms with Crippen LogP contribution in [0.15, 0.2) is 35.3 Å². The van der Waals surface area contributed by atoms with E-state index >= 15 is 0 Å². The Bertz CT molecular complexity index is 1220. The van der Waals surface area contributed by atoms with Crippen molar-refractivity contribution in [3.05, 3.63) is 40.8 Å². The third kappa shape index (κ3) is 1.83. The third-order valence-electron chi connectivity index (χ3n) is 4.55. The third-order valence-corrected chi connectivity index (χ3v) is 4.55. The van der Waals surface area contributed by atoms with E-state index in [9.17, 15) is 4.79 Å². The molecule has 25 heavy (non-hydrogen) atoms. The van der Waals surface area contributed by atoms with Crippen LogP contribution >= 0.6 is 0 Å². The Labute approximate surface area is 141 Å². The van der Waals surface area contributed by atoms with Crippen molar-refractivity contribution in [3.8, 4) is 23.0 Å². The average molecular weight is 338 g/mol. The monoisotopic (exact) mass is 338 g/mol. The summed E-state index contributed by atoms with van der Waals surface area (Å²) in [7, 11) is 3.11. The number of nitrogens with zero attached hydrogens (tertiary/aromatic N) is 1. The molecule has 1 aliphatic heterocycles. The quantitative estimate of drug-likeness (QED) is 0.608. The Morgan fingerprint density at radius 2 is 1.72 bits per heavy atom. The Morgan fingerprint density at radius 3 is 2.48 bits per heavy atom. The van der Waals surface area contributed by atoms with Gasteiger partial charge in [-0.25, -0.2) is 0 Å². The average Bonchev–Trinajstić information content (AvgIpc) is 3.22. The maximum absolute atomic E-state index is 12.6. The SMILES string of the molecule is COc1cc2c(=O)[nH]c3c4cc5c(cc4cn3c2cc1OC)OCO5. The molecule has 0 saturated heterocycles. The number of ether oxygens (including phenoxy) is 4. The normalized spacial score (nSPS) is 13.0. The van der Waals surface area contributed by atoms with Gasteiger partial charge in [0.15, 0.2) is 23.0 Å². The first-order valence-corrected chi connectivity index (χ1v) is 7.72. The van der Waals surface area contributed by atoms with E-state index in [-0.39, 0.29) is 12.4 Å². The standard InChI is InChI=1S/C18H14N2O5/c1-22-13-5-11-12(6-14(13)23-2)20-7-9-3-15-16(25-8-24-15)4-10(9)17(20)19-18(11)21/h3-7H,8H2,1-2H3,(H,19,21). The summed E-state index contributed by atoms with van der Waals surface area (Å²) in [6.45, 7) is 0.212. The first-order valence-electron chi connectivity index (χ1n) is 7.72. The van der Waals surface area contributed by atoms with Crippen LogP contribution < -0.4 is 24.5 Å². The van der Waals surface area contributed by atoms with Crippen molar-refractivity contribution < 1.29 is 18.9 Å². The maximum atomic E-state index is 12.6. The molecule has 0 amide bonds. The van der Waals surface area contributed by atoms with Crippen molar-refractivity contribution >= 4 is 27.3 Å². The molecular weight excluding hydrogens is 324 g/mol. The molecule has 5 rings (SSSR count). The fourth-order valence-corrected chi connectivity index (χ4v) is 3.34. The zero-order chi connectivity index (χ0) is 17.1. The number of hydrogen-bond acceptors (Lipinski definition) is 5. The summed E-state index contributed by atoms with van der Waals surface area (Å²) < 4.78 is 23.5. The first-order chi connectivity index (χ1) is 12.2. The van der Waals surface area contributed by atoms with Gasteiger partial charge in [-0.2, -0.15) is 0 Å². The van der Waals surface area contributed by atoms with Gasteiger partial charge in [-0.1, -0.05) is 0 Å². The number of methoxy groups -OCH3 is 2. The Balaban J connectivity index is 1.94. The molecule has 0 unspecified atom stereocenters. The summed E-state index contributed by atoms with van der Waals surface area (Å²) >= 11 is 0. The smallest absolute Gasteiger partial charge is 0.259 e. The van der Waals surface area contributed by atoms with Crippen LogP contribution in [-0.2, 0) is 0 Å². The van der Waals surface area contributed by atoms with Crippen molar-refractivity contribution in [1.29, 1.82) is 0 Å².